The molecule has 1 aliphatic rings. The van der Waals surface area contributed by atoms with Gasteiger partial charge in [0.2, 0.25) is 0 Å². The Balaban J connectivity index is 2.12. The van der Waals surface area contributed by atoms with Crippen molar-refractivity contribution in [2.45, 2.75) is 6.42 Å². The molecule has 5 heteroatoms. The zero-order valence-corrected chi connectivity index (χ0v) is 9.38. The molecule has 0 aliphatic carbocycles. The molecule has 1 aliphatic heterocycles. The molecule has 2 rings (SSSR count). The molecule has 1 heterocycles. The first-order valence-electron chi connectivity index (χ1n) is 4.59. The smallest absolute Gasteiger partial charge is 0.407 e. The molecule has 0 spiro atoms. The van der Waals surface area contributed by atoms with Crippen LogP contribution >= 0.6 is 23.2 Å². The van der Waals surface area contributed by atoms with Crippen LogP contribution in [0.4, 0.5) is 4.79 Å². The summed E-state index contributed by atoms with van der Waals surface area (Å²) in [7, 11) is 0. The number of hydrogen-bond acceptors (Lipinski definition) is 2. The Hall–Kier alpha value is -0.930. The Morgan fingerprint density at radius 2 is 1.87 bits per heavy atom. The van der Waals surface area contributed by atoms with E-state index in [1.54, 1.807) is 23.1 Å². The molecular weight excluding hydrogens is 237 g/mol. The summed E-state index contributed by atoms with van der Waals surface area (Å²) in [6.45, 7) is 1.47. The fourth-order valence-electron chi connectivity index (χ4n) is 1.23. The number of amides is 1. The average molecular weight is 246 g/mol. The topological polar surface area (TPSA) is 29.5 Å². The highest BCUT2D eigenvalue weighted by Gasteiger charge is 2.23. The first kappa shape index (κ1) is 10.6. The van der Waals surface area contributed by atoms with Crippen molar-refractivity contribution in [3.8, 4) is 5.75 Å². The molecule has 0 radical (unpaired) electrons. The van der Waals surface area contributed by atoms with Crippen LogP contribution in [0.2, 0.25) is 10.0 Å². The van der Waals surface area contributed by atoms with Crippen LogP contribution in [0.15, 0.2) is 18.2 Å². The fourth-order valence-corrected chi connectivity index (χ4v) is 1.71. The normalized spacial score (nSPS) is 14.7. The molecule has 0 bridgehead atoms. The largest absolute Gasteiger partial charge is 0.415 e. The first-order chi connectivity index (χ1) is 7.18. The van der Waals surface area contributed by atoms with Gasteiger partial charge in [-0.15, -0.1) is 0 Å². The van der Waals surface area contributed by atoms with Crippen molar-refractivity contribution in [2.24, 2.45) is 0 Å². The van der Waals surface area contributed by atoms with Crippen LogP contribution in [0.25, 0.3) is 0 Å². The average Bonchev–Trinajstić information content (AvgIpc) is 2.08. The van der Waals surface area contributed by atoms with E-state index >= 15 is 0 Å². The maximum Gasteiger partial charge on any atom is 0.415 e. The van der Waals surface area contributed by atoms with Gasteiger partial charge >= 0.3 is 6.09 Å². The number of para-hydroxylation sites is 1. The molecule has 0 unspecified atom stereocenters. The van der Waals surface area contributed by atoms with E-state index in [1.165, 1.54) is 0 Å². The van der Waals surface area contributed by atoms with E-state index in [2.05, 4.69) is 0 Å². The van der Waals surface area contributed by atoms with E-state index in [0.717, 1.165) is 19.5 Å². The van der Waals surface area contributed by atoms with Crippen LogP contribution in [0.3, 0.4) is 0 Å². The van der Waals surface area contributed by atoms with Gasteiger partial charge < -0.3 is 9.64 Å². The molecule has 3 nitrogen and oxygen atoms in total. The van der Waals surface area contributed by atoms with E-state index in [4.69, 9.17) is 27.9 Å². The van der Waals surface area contributed by atoms with Crippen molar-refractivity contribution in [1.29, 1.82) is 0 Å². The number of halogens is 2. The third-order valence-electron chi connectivity index (χ3n) is 2.22. The molecule has 1 aromatic carbocycles. The maximum absolute atomic E-state index is 11.5. The van der Waals surface area contributed by atoms with Crippen molar-refractivity contribution in [3.63, 3.8) is 0 Å². The Morgan fingerprint density at radius 1 is 1.27 bits per heavy atom. The van der Waals surface area contributed by atoms with Crippen molar-refractivity contribution >= 4 is 29.3 Å². The first-order valence-corrected chi connectivity index (χ1v) is 5.35. The Morgan fingerprint density at radius 3 is 2.33 bits per heavy atom. The lowest BCUT2D eigenvalue weighted by Gasteiger charge is -2.29. The third kappa shape index (κ3) is 2.19. The predicted octanol–water partition coefficient (Wildman–Crippen LogP) is 3.20. The molecule has 0 atom stereocenters. The zero-order valence-electron chi connectivity index (χ0n) is 7.87. The van der Waals surface area contributed by atoms with Crippen LogP contribution in [-0.2, 0) is 0 Å². The van der Waals surface area contributed by atoms with Gasteiger partial charge in [0.15, 0.2) is 5.75 Å². The van der Waals surface area contributed by atoms with Gasteiger partial charge in [-0.3, -0.25) is 0 Å². The van der Waals surface area contributed by atoms with E-state index in [9.17, 15) is 4.79 Å². The summed E-state index contributed by atoms with van der Waals surface area (Å²) in [4.78, 5) is 13.1. The van der Waals surface area contributed by atoms with Gasteiger partial charge in [0.1, 0.15) is 0 Å². The predicted molar refractivity (Wildman–Crippen MR) is 58.7 cm³/mol. The van der Waals surface area contributed by atoms with Gasteiger partial charge in [-0.25, -0.2) is 4.79 Å². The van der Waals surface area contributed by atoms with Gasteiger partial charge in [0, 0.05) is 13.1 Å². The number of carbonyl (C=O) groups is 1. The highest BCUT2D eigenvalue weighted by atomic mass is 35.5. The minimum absolute atomic E-state index is 0.234. The van der Waals surface area contributed by atoms with Crippen LogP contribution in [0.1, 0.15) is 6.42 Å². The fraction of sp³-hybridized carbons (Fsp3) is 0.300. The van der Waals surface area contributed by atoms with Gasteiger partial charge in [-0.2, -0.15) is 0 Å². The van der Waals surface area contributed by atoms with Crippen LogP contribution in [0, 0.1) is 0 Å². The van der Waals surface area contributed by atoms with Crippen molar-refractivity contribution in [3.05, 3.63) is 28.2 Å². The van der Waals surface area contributed by atoms with Crippen molar-refractivity contribution in [1.82, 2.24) is 4.90 Å². The molecule has 1 aromatic rings. The lowest BCUT2D eigenvalue weighted by atomic mass is 10.2. The molecule has 1 fully saturated rings. The van der Waals surface area contributed by atoms with Crippen LogP contribution in [0.5, 0.6) is 5.75 Å². The molecule has 0 saturated carbocycles. The maximum atomic E-state index is 11.5. The molecule has 80 valence electrons. The summed E-state index contributed by atoms with van der Waals surface area (Å²) < 4.78 is 5.10. The van der Waals surface area contributed by atoms with Gasteiger partial charge in [-0.1, -0.05) is 29.3 Å². The number of carbonyl (C=O) groups excluding carboxylic acids is 1. The zero-order chi connectivity index (χ0) is 10.8. The summed E-state index contributed by atoms with van der Waals surface area (Å²) in [6.07, 6.45) is 0.627. The van der Waals surface area contributed by atoms with E-state index in [1.807, 2.05) is 0 Å². The lowest BCUT2D eigenvalue weighted by Crippen LogP contribution is -2.43. The lowest BCUT2D eigenvalue weighted by molar-refractivity contribution is 0.125. The van der Waals surface area contributed by atoms with E-state index in [-0.39, 0.29) is 5.75 Å². The van der Waals surface area contributed by atoms with E-state index in [0.29, 0.717) is 10.0 Å². The van der Waals surface area contributed by atoms with Crippen molar-refractivity contribution < 1.29 is 9.53 Å². The highest BCUT2D eigenvalue weighted by molar-refractivity contribution is 6.37. The summed E-state index contributed by atoms with van der Waals surface area (Å²) in [6, 6.07) is 4.96. The Labute approximate surface area is 97.5 Å². The minimum Gasteiger partial charge on any atom is -0.407 e. The SMILES string of the molecule is O=C(Oc1c(Cl)cccc1Cl)N1CCC1. The monoisotopic (exact) mass is 245 g/mol. The molecule has 15 heavy (non-hydrogen) atoms. The van der Waals surface area contributed by atoms with E-state index < -0.39 is 6.09 Å². The third-order valence-corrected chi connectivity index (χ3v) is 2.82. The highest BCUT2D eigenvalue weighted by Crippen LogP contribution is 2.32. The van der Waals surface area contributed by atoms with Gasteiger partial charge in [0.25, 0.3) is 0 Å². The second-order valence-corrected chi connectivity index (χ2v) is 4.07. The molecule has 1 saturated heterocycles. The van der Waals surface area contributed by atoms with Crippen LogP contribution in [-0.4, -0.2) is 24.1 Å². The molecular formula is C10H9Cl2NO2. The van der Waals surface area contributed by atoms with Gasteiger partial charge in [0.05, 0.1) is 10.0 Å². The second-order valence-electron chi connectivity index (χ2n) is 3.26. The standard InChI is InChI=1S/C10H9Cl2NO2/c11-7-3-1-4-8(12)9(7)15-10(14)13-5-2-6-13/h1,3-4H,2,5-6H2. The number of rotatable bonds is 1. The van der Waals surface area contributed by atoms with Crippen molar-refractivity contribution in [2.75, 3.05) is 13.1 Å². The summed E-state index contributed by atoms with van der Waals surface area (Å²) in [5.74, 6) is 0.234. The molecule has 0 aromatic heterocycles. The summed E-state index contributed by atoms with van der Waals surface area (Å²) >= 11 is 11.7. The molecule has 1 amide bonds. The quantitative estimate of drug-likeness (QED) is 0.761. The summed E-state index contributed by atoms with van der Waals surface area (Å²) in [5.41, 5.74) is 0. The number of benzene rings is 1. The number of ether oxygens (including phenoxy) is 1. The van der Waals surface area contributed by atoms with Gasteiger partial charge in [-0.05, 0) is 18.6 Å². The minimum atomic E-state index is -0.392. The number of likely N-dealkylation sites (tertiary alicyclic amines) is 1. The second kappa shape index (κ2) is 4.29. The Kier molecular flexibility index (Phi) is 3.03. The summed E-state index contributed by atoms with van der Waals surface area (Å²) in [5, 5.41) is 0.688. The number of hydrogen-bond donors (Lipinski definition) is 0. The van der Waals surface area contributed by atoms with Crippen LogP contribution < -0.4 is 4.74 Å². The molecule has 0 N–H and O–H groups in total. The Bertz CT molecular complexity index is 371. The number of nitrogens with zero attached hydrogens (tertiary/aromatic N) is 1.